The molecule has 1 unspecified atom stereocenters. The summed E-state index contributed by atoms with van der Waals surface area (Å²) >= 11 is 11.7. The Kier molecular flexibility index (Phi) is 5.33. The second-order valence-electron chi connectivity index (χ2n) is 4.54. The molecule has 0 radical (unpaired) electrons. The van der Waals surface area contributed by atoms with Crippen LogP contribution in [0.5, 0.6) is 0 Å². The predicted octanol–water partition coefficient (Wildman–Crippen LogP) is 4.19. The minimum absolute atomic E-state index is 0.104. The molecule has 0 saturated carbocycles. The van der Waals surface area contributed by atoms with E-state index < -0.39 is 0 Å². The van der Waals surface area contributed by atoms with E-state index in [0.29, 0.717) is 10.9 Å². The van der Waals surface area contributed by atoms with Gasteiger partial charge in [0.15, 0.2) is 0 Å². The Labute approximate surface area is 134 Å². The van der Waals surface area contributed by atoms with Crippen molar-refractivity contribution < 1.29 is 4.79 Å². The molecule has 1 heterocycles. The van der Waals surface area contributed by atoms with E-state index in [0.717, 1.165) is 34.0 Å². The van der Waals surface area contributed by atoms with Gasteiger partial charge in [0, 0.05) is 27.0 Å². The molecular formula is C13H14BrClINO. The van der Waals surface area contributed by atoms with Gasteiger partial charge in [-0.05, 0) is 59.5 Å². The third kappa shape index (κ3) is 3.39. The van der Waals surface area contributed by atoms with Crippen molar-refractivity contribution in [3.63, 3.8) is 0 Å². The van der Waals surface area contributed by atoms with E-state index >= 15 is 0 Å². The zero-order chi connectivity index (χ0) is 13.1. The fraction of sp³-hybridized carbons (Fsp3) is 0.462. The lowest BCUT2D eigenvalue weighted by Gasteiger charge is -2.32. The van der Waals surface area contributed by atoms with Crippen LogP contribution in [-0.4, -0.2) is 29.2 Å². The van der Waals surface area contributed by atoms with Crippen LogP contribution in [0.1, 0.15) is 23.2 Å². The highest BCUT2D eigenvalue weighted by Crippen LogP contribution is 2.23. The molecule has 98 valence electrons. The van der Waals surface area contributed by atoms with Crippen molar-refractivity contribution in [2.45, 2.75) is 12.8 Å². The first-order valence-corrected chi connectivity index (χ1v) is 8.50. The molecule has 0 aromatic heterocycles. The van der Waals surface area contributed by atoms with E-state index in [1.165, 1.54) is 6.42 Å². The SMILES string of the molecule is O=C(c1cc(Cl)ccc1I)N1CCCC(CBr)C1. The molecule has 1 saturated heterocycles. The predicted molar refractivity (Wildman–Crippen MR) is 86.6 cm³/mol. The van der Waals surface area contributed by atoms with Crippen LogP contribution in [0.25, 0.3) is 0 Å². The third-order valence-electron chi connectivity index (χ3n) is 3.18. The molecule has 2 rings (SSSR count). The van der Waals surface area contributed by atoms with Crippen molar-refractivity contribution >= 4 is 56.0 Å². The van der Waals surface area contributed by atoms with Crippen molar-refractivity contribution in [3.05, 3.63) is 32.4 Å². The molecule has 0 spiro atoms. The van der Waals surface area contributed by atoms with Gasteiger partial charge in [-0.15, -0.1) is 0 Å². The van der Waals surface area contributed by atoms with Crippen molar-refractivity contribution in [3.8, 4) is 0 Å². The highest BCUT2D eigenvalue weighted by Gasteiger charge is 2.25. The first-order chi connectivity index (χ1) is 8.61. The van der Waals surface area contributed by atoms with Crippen LogP contribution < -0.4 is 0 Å². The van der Waals surface area contributed by atoms with Crippen LogP contribution in [0.3, 0.4) is 0 Å². The molecule has 1 fully saturated rings. The summed E-state index contributed by atoms with van der Waals surface area (Å²) in [5.74, 6) is 0.673. The number of halogens is 3. The van der Waals surface area contributed by atoms with Crippen molar-refractivity contribution in [1.82, 2.24) is 4.90 Å². The molecule has 1 aliphatic heterocycles. The molecule has 1 amide bonds. The Morgan fingerprint density at radius 1 is 1.56 bits per heavy atom. The minimum Gasteiger partial charge on any atom is -0.338 e. The second kappa shape index (κ2) is 6.57. The summed E-state index contributed by atoms with van der Waals surface area (Å²) in [4.78, 5) is 14.4. The van der Waals surface area contributed by atoms with Crippen LogP contribution >= 0.6 is 50.1 Å². The molecule has 18 heavy (non-hydrogen) atoms. The maximum atomic E-state index is 12.5. The van der Waals surface area contributed by atoms with Crippen LogP contribution in [-0.2, 0) is 0 Å². The second-order valence-corrected chi connectivity index (χ2v) is 6.78. The number of carbonyl (C=O) groups excluding carboxylic acids is 1. The number of carbonyl (C=O) groups is 1. The van der Waals surface area contributed by atoms with Crippen LogP contribution in [0.15, 0.2) is 18.2 Å². The fourth-order valence-electron chi connectivity index (χ4n) is 2.21. The number of nitrogens with zero attached hydrogens (tertiary/aromatic N) is 1. The van der Waals surface area contributed by atoms with Gasteiger partial charge in [0.25, 0.3) is 5.91 Å². The fourth-order valence-corrected chi connectivity index (χ4v) is 3.47. The van der Waals surface area contributed by atoms with Gasteiger partial charge in [0.1, 0.15) is 0 Å². The number of hydrogen-bond acceptors (Lipinski definition) is 1. The number of rotatable bonds is 2. The highest BCUT2D eigenvalue weighted by molar-refractivity contribution is 14.1. The Morgan fingerprint density at radius 3 is 3.06 bits per heavy atom. The Balaban J connectivity index is 2.17. The molecule has 0 aliphatic carbocycles. The quantitative estimate of drug-likeness (QED) is 0.497. The Hall–Kier alpha value is 0.190. The summed E-state index contributed by atoms with van der Waals surface area (Å²) in [6, 6.07) is 5.48. The number of amides is 1. The van der Waals surface area contributed by atoms with Gasteiger partial charge in [-0.3, -0.25) is 4.79 Å². The number of hydrogen-bond donors (Lipinski definition) is 0. The number of likely N-dealkylation sites (tertiary alicyclic amines) is 1. The van der Waals surface area contributed by atoms with Crippen LogP contribution in [0.4, 0.5) is 0 Å². The molecule has 1 atom stereocenters. The van der Waals surface area contributed by atoms with Gasteiger partial charge >= 0.3 is 0 Å². The third-order valence-corrected chi connectivity index (χ3v) is 5.27. The molecule has 1 aliphatic rings. The van der Waals surface area contributed by atoms with Gasteiger partial charge in [0.2, 0.25) is 0 Å². The Bertz CT molecular complexity index is 455. The molecule has 2 nitrogen and oxygen atoms in total. The van der Waals surface area contributed by atoms with Crippen LogP contribution in [0.2, 0.25) is 5.02 Å². The summed E-state index contributed by atoms with van der Waals surface area (Å²) < 4.78 is 0.961. The van der Waals surface area contributed by atoms with Gasteiger partial charge < -0.3 is 4.90 Å². The lowest BCUT2D eigenvalue weighted by molar-refractivity contribution is 0.0685. The first kappa shape index (κ1) is 14.6. The molecule has 0 bridgehead atoms. The van der Waals surface area contributed by atoms with E-state index in [-0.39, 0.29) is 5.91 Å². The van der Waals surface area contributed by atoms with Crippen molar-refractivity contribution in [1.29, 1.82) is 0 Å². The highest BCUT2D eigenvalue weighted by atomic mass is 127. The maximum Gasteiger partial charge on any atom is 0.254 e. The van der Waals surface area contributed by atoms with Gasteiger partial charge in [0.05, 0.1) is 5.56 Å². The standard InChI is InChI=1S/C13H14BrClINO/c14-7-9-2-1-5-17(8-9)13(18)11-6-10(15)3-4-12(11)16/h3-4,6,9H,1-2,5,7-8H2. The zero-order valence-electron chi connectivity index (χ0n) is 9.83. The van der Waals surface area contributed by atoms with E-state index in [1.54, 1.807) is 6.07 Å². The summed E-state index contributed by atoms with van der Waals surface area (Å²) in [7, 11) is 0. The first-order valence-electron chi connectivity index (χ1n) is 5.92. The molecule has 0 N–H and O–H groups in total. The summed E-state index contributed by atoms with van der Waals surface area (Å²) in [5, 5.41) is 1.58. The smallest absolute Gasteiger partial charge is 0.254 e. The van der Waals surface area contributed by atoms with E-state index in [2.05, 4.69) is 38.5 Å². The summed E-state index contributed by atoms with van der Waals surface area (Å²) in [5.41, 5.74) is 0.721. The molecule has 5 heteroatoms. The lowest BCUT2D eigenvalue weighted by atomic mass is 9.99. The topological polar surface area (TPSA) is 20.3 Å². The summed E-state index contributed by atoms with van der Waals surface area (Å²) in [6.07, 6.45) is 2.28. The van der Waals surface area contributed by atoms with E-state index in [4.69, 9.17) is 11.6 Å². The van der Waals surface area contributed by atoms with Gasteiger partial charge in [-0.2, -0.15) is 0 Å². The number of alkyl halides is 1. The summed E-state index contributed by atoms with van der Waals surface area (Å²) in [6.45, 7) is 1.69. The largest absolute Gasteiger partial charge is 0.338 e. The van der Waals surface area contributed by atoms with Crippen molar-refractivity contribution in [2.24, 2.45) is 5.92 Å². The molecule has 1 aromatic carbocycles. The average Bonchev–Trinajstić information content (AvgIpc) is 2.41. The Morgan fingerprint density at radius 2 is 2.33 bits per heavy atom. The normalized spacial score (nSPS) is 19.9. The van der Waals surface area contributed by atoms with E-state index in [1.807, 2.05) is 17.0 Å². The van der Waals surface area contributed by atoms with E-state index in [9.17, 15) is 4.79 Å². The van der Waals surface area contributed by atoms with Crippen LogP contribution in [0, 0.1) is 9.49 Å². The van der Waals surface area contributed by atoms with Gasteiger partial charge in [-0.25, -0.2) is 0 Å². The lowest BCUT2D eigenvalue weighted by Crippen LogP contribution is -2.40. The zero-order valence-corrected chi connectivity index (χ0v) is 14.3. The number of piperidine rings is 1. The molecular weight excluding hydrogens is 428 g/mol. The number of benzene rings is 1. The molecule has 1 aromatic rings. The van der Waals surface area contributed by atoms with Crippen molar-refractivity contribution in [2.75, 3.05) is 18.4 Å². The maximum absolute atomic E-state index is 12.5. The monoisotopic (exact) mass is 441 g/mol. The van der Waals surface area contributed by atoms with Gasteiger partial charge in [-0.1, -0.05) is 27.5 Å². The minimum atomic E-state index is 0.104. The average molecular weight is 443 g/mol.